The number of unbranched alkanes of at least 4 members (excludes halogenated alkanes) is 1. The number of hydrogen-bond acceptors (Lipinski definition) is 8. The van der Waals surface area contributed by atoms with Crippen LogP contribution in [0.25, 0.3) is 21.2 Å². The second kappa shape index (κ2) is 18.9. The van der Waals surface area contributed by atoms with Crippen LogP contribution in [-0.2, 0) is 6.42 Å². The van der Waals surface area contributed by atoms with Gasteiger partial charge < -0.3 is 14.6 Å². The highest BCUT2D eigenvalue weighted by Gasteiger charge is 2.20. The van der Waals surface area contributed by atoms with Crippen molar-refractivity contribution in [1.82, 2.24) is 15.8 Å². The number of halogens is 2. The molecule has 240 valence electrons. The third-order valence-corrected chi connectivity index (χ3v) is 8.09. The predicted molar refractivity (Wildman–Crippen MR) is 176 cm³/mol. The van der Waals surface area contributed by atoms with Crippen LogP contribution in [0.2, 0.25) is 0 Å². The van der Waals surface area contributed by atoms with Gasteiger partial charge in [-0.3, -0.25) is 15.6 Å². The zero-order valence-electron chi connectivity index (χ0n) is 26.7. The number of methoxy groups -OCH3 is 1. The third kappa shape index (κ3) is 10.2. The summed E-state index contributed by atoms with van der Waals surface area (Å²) in [5.41, 5.74) is 9.66. The van der Waals surface area contributed by atoms with E-state index >= 15 is 0 Å². The average Bonchev–Trinajstić information content (AvgIpc) is 3.40. The average molecular weight is 630 g/mol. The van der Waals surface area contributed by atoms with Gasteiger partial charge in [-0.1, -0.05) is 39.7 Å². The fourth-order valence-electron chi connectivity index (χ4n) is 4.44. The van der Waals surface area contributed by atoms with E-state index in [1.54, 1.807) is 13.3 Å². The highest BCUT2D eigenvalue weighted by atomic mass is 32.1. The fourth-order valence-corrected chi connectivity index (χ4v) is 5.45. The van der Waals surface area contributed by atoms with Crippen LogP contribution in [0.4, 0.5) is 8.78 Å². The van der Waals surface area contributed by atoms with E-state index in [-0.39, 0.29) is 15.0 Å². The third-order valence-electron chi connectivity index (χ3n) is 6.80. The summed E-state index contributed by atoms with van der Waals surface area (Å²) in [4.78, 5) is 15.2. The van der Waals surface area contributed by atoms with Crippen LogP contribution in [0.1, 0.15) is 75.5 Å². The molecule has 4 rings (SSSR count). The lowest BCUT2D eigenvalue weighted by Gasteiger charge is -2.14. The number of nitrogens with one attached hydrogen (secondary N) is 2. The standard InChI is InChI=1S/C16H19NO2.C10H6F2O2S.C8H20N2/c1-4-12-10-13(6-7-15(12)18-3)14-8-9-17-16(11-14)19-5-2;1-4(13)9-8(14)7-5(11)2-3-6(12)10(7)15-9;1-4-6-7-8(5-2)10-9-3/h6-11H,4-5H2,1-3H3;2-3,14H,1H3;8-10H,4-7H2,1-3H3. The molecule has 0 aliphatic rings. The number of aryl methyl sites for hydroxylation is 1. The van der Waals surface area contributed by atoms with E-state index in [0.29, 0.717) is 18.5 Å². The number of hydrazine groups is 1. The van der Waals surface area contributed by atoms with Gasteiger partial charge in [-0.25, -0.2) is 13.8 Å². The van der Waals surface area contributed by atoms with Gasteiger partial charge >= 0.3 is 0 Å². The Kier molecular flexibility index (Phi) is 15.7. The van der Waals surface area contributed by atoms with Gasteiger partial charge in [-0.05, 0) is 80.3 Å². The zero-order chi connectivity index (χ0) is 32.6. The van der Waals surface area contributed by atoms with E-state index in [1.807, 2.05) is 32.2 Å². The maximum atomic E-state index is 13.3. The molecule has 2 heterocycles. The smallest absolute Gasteiger partial charge is 0.213 e. The highest BCUT2D eigenvalue weighted by Crippen LogP contribution is 2.39. The van der Waals surface area contributed by atoms with Gasteiger partial charge in [0.2, 0.25) is 5.88 Å². The van der Waals surface area contributed by atoms with Crippen molar-refractivity contribution >= 4 is 27.2 Å². The molecule has 4 aromatic rings. The Morgan fingerprint density at radius 2 is 1.75 bits per heavy atom. The number of hydrogen-bond donors (Lipinski definition) is 3. The van der Waals surface area contributed by atoms with Gasteiger partial charge in [0.1, 0.15) is 28.0 Å². The van der Waals surface area contributed by atoms with Crippen LogP contribution in [0.15, 0.2) is 48.7 Å². The number of rotatable bonds is 12. The molecule has 2 aromatic heterocycles. The van der Waals surface area contributed by atoms with E-state index in [4.69, 9.17) is 9.47 Å². The summed E-state index contributed by atoms with van der Waals surface area (Å²) in [6, 6.07) is 12.7. The number of pyridine rings is 1. The summed E-state index contributed by atoms with van der Waals surface area (Å²) < 4.78 is 37.3. The monoisotopic (exact) mass is 629 g/mol. The van der Waals surface area contributed by atoms with E-state index in [2.05, 4.69) is 48.7 Å². The summed E-state index contributed by atoms with van der Waals surface area (Å²) in [6.45, 7) is 10.4. The summed E-state index contributed by atoms with van der Waals surface area (Å²) in [5.74, 6) is -0.655. The minimum Gasteiger partial charge on any atom is -0.506 e. The van der Waals surface area contributed by atoms with Crippen LogP contribution in [0, 0.1) is 11.6 Å². The molecule has 7 nitrogen and oxygen atoms in total. The fraction of sp³-hybridized carbons (Fsp3) is 0.412. The van der Waals surface area contributed by atoms with Crippen LogP contribution >= 0.6 is 11.3 Å². The number of ether oxygens (including phenoxy) is 2. The quantitative estimate of drug-likeness (QED) is 0.107. The first-order valence-electron chi connectivity index (χ1n) is 14.9. The molecular weight excluding hydrogens is 584 g/mol. The normalized spacial score (nSPS) is 11.2. The van der Waals surface area contributed by atoms with Crippen LogP contribution in [0.3, 0.4) is 0 Å². The minimum atomic E-state index is -0.729. The number of thiophene rings is 1. The maximum absolute atomic E-state index is 13.3. The lowest BCUT2D eigenvalue weighted by molar-refractivity contribution is 0.101. The zero-order valence-corrected chi connectivity index (χ0v) is 27.5. The Morgan fingerprint density at radius 3 is 2.32 bits per heavy atom. The van der Waals surface area contributed by atoms with Crippen LogP contribution < -0.4 is 20.3 Å². The van der Waals surface area contributed by atoms with Crippen LogP contribution in [0.5, 0.6) is 17.4 Å². The Bertz CT molecular complexity index is 1480. The van der Waals surface area contributed by atoms with Crippen molar-refractivity contribution in [1.29, 1.82) is 0 Å². The molecule has 1 unspecified atom stereocenters. The van der Waals surface area contributed by atoms with E-state index in [0.717, 1.165) is 46.8 Å². The van der Waals surface area contributed by atoms with E-state index in [9.17, 15) is 18.7 Å². The number of nitrogens with zero attached hydrogens (tertiary/aromatic N) is 1. The first-order valence-corrected chi connectivity index (χ1v) is 15.8. The largest absolute Gasteiger partial charge is 0.506 e. The van der Waals surface area contributed by atoms with Gasteiger partial charge in [0, 0.05) is 25.2 Å². The molecule has 0 saturated heterocycles. The van der Waals surface area contributed by atoms with Crippen molar-refractivity contribution in [2.75, 3.05) is 20.8 Å². The first-order chi connectivity index (χ1) is 21.1. The summed E-state index contributed by atoms with van der Waals surface area (Å²) in [6.07, 6.45) is 7.83. The molecule has 3 N–H and O–H groups in total. The van der Waals surface area contributed by atoms with E-state index in [1.165, 1.54) is 38.2 Å². The van der Waals surface area contributed by atoms with E-state index < -0.39 is 23.2 Å². The Hall–Kier alpha value is -3.60. The Balaban J connectivity index is 0.000000242. The number of aromatic nitrogens is 1. The second-order valence-electron chi connectivity index (χ2n) is 9.91. The molecule has 0 aliphatic heterocycles. The van der Waals surface area contributed by atoms with Crippen LogP contribution in [-0.4, -0.2) is 42.7 Å². The number of carbonyl (C=O) groups excluding carboxylic acids is 1. The summed E-state index contributed by atoms with van der Waals surface area (Å²) in [5, 5.41) is 9.33. The highest BCUT2D eigenvalue weighted by molar-refractivity contribution is 7.21. The summed E-state index contributed by atoms with van der Waals surface area (Å²) >= 11 is 0.758. The molecule has 2 aromatic carbocycles. The molecule has 0 aliphatic carbocycles. The van der Waals surface area contributed by atoms with Gasteiger partial charge in [0.25, 0.3) is 0 Å². The number of carbonyl (C=O) groups is 1. The van der Waals surface area contributed by atoms with Gasteiger partial charge in [-0.15, -0.1) is 11.3 Å². The molecule has 0 saturated carbocycles. The second-order valence-corrected chi connectivity index (χ2v) is 10.9. The molecule has 10 heteroatoms. The first kappa shape index (κ1) is 36.6. The molecule has 44 heavy (non-hydrogen) atoms. The van der Waals surface area contributed by atoms with Crippen molar-refractivity contribution in [2.45, 2.75) is 72.8 Å². The molecule has 0 bridgehead atoms. The Morgan fingerprint density at radius 1 is 1.05 bits per heavy atom. The molecule has 0 amide bonds. The summed E-state index contributed by atoms with van der Waals surface area (Å²) in [7, 11) is 3.63. The number of fused-ring (bicyclic) bond motifs is 1. The lowest BCUT2D eigenvalue weighted by Crippen LogP contribution is -2.37. The molecule has 1 atom stereocenters. The van der Waals surface area contributed by atoms with Gasteiger partial charge in [0.05, 0.1) is 23.8 Å². The SMILES string of the molecule is CC(=O)c1sc2c(F)ccc(F)c2c1O.CCCCC(CC)NNC.CCOc1cc(-c2ccc(OC)c(CC)c2)ccn1. The van der Waals surface area contributed by atoms with Crippen molar-refractivity contribution in [2.24, 2.45) is 0 Å². The molecular formula is C34H45F2N3O4S. The maximum Gasteiger partial charge on any atom is 0.213 e. The van der Waals surface area contributed by atoms with Crippen molar-refractivity contribution < 1.29 is 28.2 Å². The molecule has 0 radical (unpaired) electrons. The number of Topliss-reactive ketones (excluding diaryl/α,β-unsaturated/α-hetero) is 1. The topological polar surface area (TPSA) is 92.7 Å². The van der Waals surface area contributed by atoms with Gasteiger partial charge in [0.15, 0.2) is 5.78 Å². The van der Waals surface area contributed by atoms with Crippen molar-refractivity contribution in [3.8, 4) is 28.5 Å². The predicted octanol–water partition coefficient (Wildman–Crippen LogP) is 8.49. The van der Waals surface area contributed by atoms with Gasteiger partial charge in [-0.2, -0.15) is 0 Å². The molecule has 0 spiro atoms. The van der Waals surface area contributed by atoms with Crippen molar-refractivity contribution in [3.05, 3.63) is 70.7 Å². The number of aromatic hydroxyl groups is 1. The molecule has 0 fully saturated rings. The minimum absolute atomic E-state index is 0.0194. The number of ketones is 1. The lowest BCUT2D eigenvalue weighted by atomic mass is 10.0. The van der Waals surface area contributed by atoms with Crippen molar-refractivity contribution in [3.63, 3.8) is 0 Å². The number of benzene rings is 2. The Labute approximate surface area is 263 Å².